The molecule has 24 heavy (non-hydrogen) atoms. The largest absolute Gasteiger partial charge is 0.356 e. The second-order valence-electron chi connectivity index (χ2n) is 7.86. The third-order valence-corrected chi connectivity index (χ3v) is 5.45. The van der Waals surface area contributed by atoms with Crippen molar-refractivity contribution in [1.82, 2.24) is 20.4 Å². The molecule has 1 aromatic heterocycles. The average molecular weight is 334 g/mol. The van der Waals surface area contributed by atoms with Gasteiger partial charge in [-0.15, -0.1) is 0 Å². The predicted molar refractivity (Wildman–Crippen MR) is 101 cm³/mol. The van der Waals surface area contributed by atoms with Gasteiger partial charge in [0.15, 0.2) is 5.96 Å². The highest BCUT2D eigenvalue weighted by atomic mass is 15.3. The van der Waals surface area contributed by atoms with Crippen LogP contribution in [0.2, 0.25) is 0 Å². The van der Waals surface area contributed by atoms with Crippen molar-refractivity contribution in [2.24, 2.45) is 23.4 Å². The van der Waals surface area contributed by atoms with Gasteiger partial charge in [-0.1, -0.05) is 26.7 Å². The lowest BCUT2D eigenvalue weighted by atomic mass is 9.78. The first-order valence-corrected chi connectivity index (χ1v) is 9.30. The molecule has 1 aliphatic carbocycles. The molecule has 1 saturated carbocycles. The summed E-state index contributed by atoms with van der Waals surface area (Å²) >= 11 is 0. The van der Waals surface area contributed by atoms with E-state index in [0.717, 1.165) is 30.7 Å². The molecule has 1 heterocycles. The summed E-state index contributed by atoms with van der Waals surface area (Å²) in [5.41, 5.74) is 4.01. The van der Waals surface area contributed by atoms with Crippen LogP contribution in [-0.2, 0) is 13.6 Å². The van der Waals surface area contributed by atoms with E-state index in [4.69, 9.17) is 0 Å². The molecule has 0 saturated heterocycles. The van der Waals surface area contributed by atoms with Crippen molar-refractivity contribution in [2.75, 3.05) is 13.6 Å². The summed E-state index contributed by atoms with van der Waals surface area (Å²) in [6.45, 7) is 10.6. The van der Waals surface area contributed by atoms with E-state index >= 15 is 0 Å². The van der Waals surface area contributed by atoms with Crippen LogP contribution in [0.4, 0.5) is 0 Å². The van der Waals surface area contributed by atoms with Crippen LogP contribution in [0, 0.1) is 25.2 Å². The van der Waals surface area contributed by atoms with Crippen LogP contribution in [0.3, 0.4) is 0 Å². The molecule has 0 aliphatic heterocycles. The maximum absolute atomic E-state index is 4.48. The fourth-order valence-corrected chi connectivity index (χ4v) is 4.18. The minimum atomic E-state index is 0.450. The van der Waals surface area contributed by atoms with Crippen LogP contribution in [0.25, 0.3) is 0 Å². The minimum Gasteiger partial charge on any atom is -0.356 e. The highest BCUT2D eigenvalue weighted by molar-refractivity contribution is 5.79. The monoisotopic (exact) mass is 333 g/mol. The van der Waals surface area contributed by atoms with Crippen molar-refractivity contribution in [3.8, 4) is 0 Å². The van der Waals surface area contributed by atoms with Gasteiger partial charge < -0.3 is 10.6 Å². The van der Waals surface area contributed by atoms with Crippen molar-refractivity contribution in [3.05, 3.63) is 17.0 Å². The lowest BCUT2D eigenvalue weighted by Gasteiger charge is -2.32. The third kappa shape index (κ3) is 4.52. The van der Waals surface area contributed by atoms with Crippen molar-refractivity contribution in [3.63, 3.8) is 0 Å². The van der Waals surface area contributed by atoms with Crippen molar-refractivity contribution < 1.29 is 0 Å². The van der Waals surface area contributed by atoms with E-state index in [2.05, 4.69) is 48.4 Å². The number of hydrogen-bond donors (Lipinski definition) is 2. The van der Waals surface area contributed by atoms with Crippen LogP contribution < -0.4 is 10.6 Å². The molecule has 1 aromatic rings. The van der Waals surface area contributed by atoms with Crippen molar-refractivity contribution in [2.45, 2.75) is 66.3 Å². The molecule has 0 spiro atoms. The van der Waals surface area contributed by atoms with Crippen molar-refractivity contribution in [1.29, 1.82) is 0 Å². The molecule has 0 radical (unpaired) electrons. The summed E-state index contributed by atoms with van der Waals surface area (Å²) in [7, 11) is 3.84. The molecule has 1 aliphatic rings. The Morgan fingerprint density at radius 2 is 1.92 bits per heavy atom. The fourth-order valence-electron chi connectivity index (χ4n) is 4.18. The molecule has 0 unspecified atom stereocenters. The van der Waals surface area contributed by atoms with Gasteiger partial charge in [0.05, 0.1) is 5.69 Å². The summed E-state index contributed by atoms with van der Waals surface area (Å²) in [4.78, 5) is 4.41. The predicted octanol–water partition coefficient (Wildman–Crippen LogP) is 3.31. The Balaban J connectivity index is 1.92. The molecule has 1 fully saturated rings. The lowest BCUT2D eigenvalue weighted by Crippen LogP contribution is -2.43. The number of aromatic nitrogens is 2. The number of nitrogens with zero attached hydrogens (tertiary/aromatic N) is 3. The standard InChI is InChI=1S/C19H35N5/c1-14(2)11-19(9-7-8-10-19)13-22-18(20-5)21-12-17-15(3)23-24(6)16(17)4/h14H,7-13H2,1-6H3,(H2,20,21,22). The summed E-state index contributed by atoms with van der Waals surface area (Å²) in [5, 5.41) is 11.5. The highest BCUT2D eigenvalue weighted by Crippen LogP contribution is 2.42. The third-order valence-electron chi connectivity index (χ3n) is 5.45. The number of aliphatic imine (C=N–C) groups is 1. The lowest BCUT2D eigenvalue weighted by molar-refractivity contribution is 0.235. The molecular weight excluding hydrogens is 298 g/mol. The first-order valence-electron chi connectivity index (χ1n) is 9.30. The van der Waals surface area contributed by atoms with E-state index in [1.165, 1.54) is 43.4 Å². The Kier molecular flexibility index (Phi) is 6.30. The second kappa shape index (κ2) is 8.04. The van der Waals surface area contributed by atoms with Gasteiger partial charge in [-0.2, -0.15) is 5.10 Å². The number of aryl methyl sites for hydroxylation is 2. The van der Waals surface area contributed by atoms with Gasteiger partial charge in [0.25, 0.3) is 0 Å². The van der Waals surface area contributed by atoms with Gasteiger partial charge in [-0.05, 0) is 44.4 Å². The molecule has 2 rings (SSSR count). The Labute approximate surface area is 147 Å². The normalized spacial score (nSPS) is 17.5. The Morgan fingerprint density at radius 1 is 1.25 bits per heavy atom. The molecule has 0 bridgehead atoms. The Bertz CT molecular complexity index is 565. The SMILES string of the molecule is CN=C(NCc1c(C)nn(C)c1C)NCC1(CC(C)C)CCCC1. The molecule has 5 nitrogen and oxygen atoms in total. The number of guanidine groups is 1. The summed E-state index contributed by atoms with van der Waals surface area (Å²) in [5.74, 6) is 1.65. The van der Waals surface area contributed by atoms with Crippen molar-refractivity contribution >= 4 is 5.96 Å². The van der Waals surface area contributed by atoms with Gasteiger partial charge in [-0.3, -0.25) is 9.67 Å². The Morgan fingerprint density at radius 3 is 2.42 bits per heavy atom. The number of rotatable bonds is 6. The molecule has 2 N–H and O–H groups in total. The number of hydrogen-bond acceptors (Lipinski definition) is 2. The molecular formula is C19H35N5. The van der Waals surface area contributed by atoms with E-state index in [1.807, 2.05) is 18.8 Å². The van der Waals surface area contributed by atoms with Gasteiger partial charge in [0, 0.05) is 38.4 Å². The van der Waals surface area contributed by atoms with Crippen LogP contribution >= 0.6 is 0 Å². The van der Waals surface area contributed by atoms with Gasteiger partial charge in [-0.25, -0.2) is 0 Å². The molecule has 136 valence electrons. The first-order chi connectivity index (χ1) is 11.4. The van der Waals surface area contributed by atoms with Gasteiger partial charge >= 0.3 is 0 Å². The van der Waals surface area contributed by atoms with Crippen LogP contribution in [0.15, 0.2) is 4.99 Å². The van der Waals surface area contributed by atoms with E-state index < -0.39 is 0 Å². The quantitative estimate of drug-likeness (QED) is 0.620. The zero-order valence-electron chi connectivity index (χ0n) is 16.4. The topological polar surface area (TPSA) is 54.2 Å². The first kappa shape index (κ1) is 18.8. The van der Waals surface area contributed by atoms with E-state index in [-0.39, 0.29) is 0 Å². The summed E-state index contributed by atoms with van der Waals surface area (Å²) in [6, 6.07) is 0. The average Bonchev–Trinajstić information content (AvgIpc) is 3.06. The molecule has 0 atom stereocenters. The smallest absolute Gasteiger partial charge is 0.191 e. The van der Waals surface area contributed by atoms with Crippen LogP contribution in [-0.4, -0.2) is 29.3 Å². The zero-order valence-corrected chi connectivity index (χ0v) is 16.4. The summed E-state index contributed by atoms with van der Waals surface area (Å²) < 4.78 is 1.94. The maximum atomic E-state index is 4.48. The zero-order chi connectivity index (χ0) is 17.7. The maximum Gasteiger partial charge on any atom is 0.191 e. The van der Waals surface area contributed by atoms with E-state index in [9.17, 15) is 0 Å². The van der Waals surface area contributed by atoms with Crippen LogP contribution in [0.1, 0.15) is 62.9 Å². The van der Waals surface area contributed by atoms with E-state index in [1.54, 1.807) is 0 Å². The molecule has 5 heteroatoms. The van der Waals surface area contributed by atoms with Gasteiger partial charge in [0.2, 0.25) is 0 Å². The Hall–Kier alpha value is -1.52. The molecule has 0 amide bonds. The van der Waals surface area contributed by atoms with Gasteiger partial charge in [0.1, 0.15) is 0 Å². The minimum absolute atomic E-state index is 0.450. The number of nitrogens with one attached hydrogen (secondary N) is 2. The summed E-state index contributed by atoms with van der Waals surface area (Å²) in [6.07, 6.45) is 6.73. The second-order valence-corrected chi connectivity index (χ2v) is 7.86. The highest BCUT2D eigenvalue weighted by Gasteiger charge is 2.34. The fraction of sp³-hybridized carbons (Fsp3) is 0.789. The van der Waals surface area contributed by atoms with E-state index in [0.29, 0.717) is 5.41 Å². The molecule has 0 aromatic carbocycles. The van der Waals surface area contributed by atoms with Crippen LogP contribution in [0.5, 0.6) is 0 Å².